The van der Waals surface area contributed by atoms with Crippen molar-refractivity contribution in [3.05, 3.63) is 39.9 Å². The van der Waals surface area contributed by atoms with Crippen molar-refractivity contribution in [2.45, 2.75) is 44.6 Å². The number of carbonyl (C=O) groups is 2. The van der Waals surface area contributed by atoms with Gasteiger partial charge in [-0.25, -0.2) is 0 Å². The minimum atomic E-state index is -0.939. The van der Waals surface area contributed by atoms with Gasteiger partial charge in [0.05, 0.1) is 4.92 Å². The van der Waals surface area contributed by atoms with E-state index in [1.165, 1.54) is 6.07 Å². The Kier molecular flexibility index (Phi) is 5.67. The molecule has 0 spiro atoms. The third kappa shape index (κ3) is 4.51. The Balaban J connectivity index is 2.08. The standard InChI is InChI=1S/C16H21N3O4/c17-15(20)13(18-16(21)11-6-2-1-3-7-11)10-12-8-4-5-9-14(12)19(22)23/h4-5,8-9,11,13H,1-3,6-7,10H2,(H2,17,20)(H,18,21)/t13-/m1/s1. The quantitative estimate of drug-likeness (QED) is 0.613. The van der Waals surface area contributed by atoms with Gasteiger partial charge in [-0.1, -0.05) is 37.5 Å². The normalized spacial score (nSPS) is 16.5. The Labute approximate surface area is 134 Å². The number of carbonyl (C=O) groups excluding carboxylic acids is 2. The highest BCUT2D eigenvalue weighted by Gasteiger charge is 2.27. The van der Waals surface area contributed by atoms with Crippen molar-refractivity contribution < 1.29 is 14.5 Å². The van der Waals surface area contributed by atoms with Gasteiger partial charge in [-0.15, -0.1) is 0 Å². The lowest BCUT2D eigenvalue weighted by atomic mass is 9.88. The number of hydrogen-bond acceptors (Lipinski definition) is 4. The van der Waals surface area contributed by atoms with Crippen molar-refractivity contribution in [3.8, 4) is 0 Å². The van der Waals surface area contributed by atoms with Crippen LogP contribution in [0.25, 0.3) is 0 Å². The van der Waals surface area contributed by atoms with E-state index >= 15 is 0 Å². The molecule has 1 atom stereocenters. The molecule has 2 amide bonds. The van der Waals surface area contributed by atoms with Gasteiger partial charge in [0.2, 0.25) is 11.8 Å². The Morgan fingerprint density at radius 2 is 1.91 bits per heavy atom. The summed E-state index contributed by atoms with van der Waals surface area (Å²) in [5, 5.41) is 13.7. The minimum Gasteiger partial charge on any atom is -0.368 e. The maximum absolute atomic E-state index is 12.3. The summed E-state index contributed by atoms with van der Waals surface area (Å²) >= 11 is 0. The fourth-order valence-corrected chi connectivity index (χ4v) is 2.96. The molecule has 23 heavy (non-hydrogen) atoms. The van der Waals surface area contributed by atoms with E-state index < -0.39 is 16.9 Å². The van der Waals surface area contributed by atoms with Crippen LogP contribution in [0.3, 0.4) is 0 Å². The number of amides is 2. The van der Waals surface area contributed by atoms with Crippen LogP contribution in [0, 0.1) is 16.0 Å². The second kappa shape index (κ2) is 7.71. The van der Waals surface area contributed by atoms with Crippen LogP contribution in [0.15, 0.2) is 24.3 Å². The molecule has 0 unspecified atom stereocenters. The number of primary amides is 1. The van der Waals surface area contributed by atoms with Crippen LogP contribution in [0.5, 0.6) is 0 Å². The van der Waals surface area contributed by atoms with Crippen LogP contribution in [0.4, 0.5) is 5.69 Å². The van der Waals surface area contributed by atoms with Gasteiger partial charge in [0.1, 0.15) is 6.04 Å². The number of para-hydroxylation sites is 1. The number of rotatable bonds is 6. The number of nitrogens with zero attached hydrogens (tertiary/aromatic N) is 1. The van der Waals surface area contributed by atoms with Crippen LogP contribution >= 0.6 is 0 Å². The molecule has 0 radical (unpaired) electrons. The topological polar surface area (TPSA) is 115 Å². The predicted molar refractivity (Wildman–Crippen MR) is 84.5 cm³/mol. The van der Waals surface area contributed by atoms with Crippen molar-refractivity contribution in [1.29, 1.82) is 0 Å². The van der Waals surface area contributed by atoms with E-state index in [0.717, 1.165) is 32.1 Å². The summed E-state index contributed by atoms with van der Waals surface area (Å²) in [7, 11) is 0. The largest absolute Gasteiger partial charge is 0.368 e. The van der Waals surface area contributed by atoms with Gasteiger partial charge in [-0.05, 0) is 12.8 Å². The molecule has 1 aromatic rings. The van der Waals surface area contributed by atoms with E-state index in [9.17, 15) is 19.7 Å². The molecule has 0 aliphatic heterocycles. The monoisotopic (exact) mass is 319 g/mol. The van der Waals surface area contributed by atoms with Crippen LogP contribution in [0.1, 0.15) is 37.7 Å². The van der Waals surface area contributed by atoms with Crippen molar-refractivity contribution in [2.24, 2.45) is 11.7 Å². The smallest absolute Gasteiger partial charge is 0.272 e. The lowest BCUT2D eigenvalue weighted by Crippen LogP contribution is -2.48. The van der Waals surface area contributed by atoms with Crippen LogP contribution in [-0.4, -0.2) is 22.8 Å². The highest BCUT2D eigenvalue weighted by atomic mass is 16.6. The summed E-state index contributed by atoms with van der Waals surface area (Å²) in [5.41, 5.74) is 5.67. The first-order valence-electron chi connectivity index (χ1n) is 7.81. The molecule has 0 aromatic heterocycles. The molecule has 1 saturated carbocycles. The SMILES string of the molecule is NC(=O)[C@@H](Cc1ccccc1[N+](=O)[O-])NC(=O)C1CCCCC1. The summed E-state index contributed by atoms with van der Waals surface area (Å²) in [6.45, 7) is 0. The first kappa shape index (κ1) is 16.9. The number of nitro groups is 1. The minimum absolute atomic E-state index is 0.0188. The van der Waals surface area contributed by atoms with E-state index in [0.29, 0.717) is 5.56 Å². The summed E-state index contributed by atoms with van der Waals surface area (Å²) < 4.78 is 0. The maximum Gasteiger partial charge on any atom is 0.272 e. The summed E-state index contributed by atoms with van der Waals surface area (Å²) in [6, 6.07) is 5.22. The molecule has 1 aliphatic rings. The van der Waals surface area contributed by atoms with Gasteiger partial charge in [0, 0.05) is 24.0 Å². The van der Waals surface area contributed by atoms with Crippen molar-refractivity contribution in [1.82, 2.24) is 5.32 Å². The number of nitrogens with one attached hydrogen (secondary N) is 1. The van der Waals surface area contributed by atoms with Gasteiger partial charge in [-0.3, -0.25) is 19.7 Å². The van der Waals surface area contributed by atoms with Gasteiger partial charge in [0.25, 0.3) is 5.69 Å². The number of benzene rings is 1. The van der Waals surface area contributed by atoms with E-state index in [4.69, 9.17) is 5.73 Å². The molecule has 124 valence electrons. The molecule has 1 aliphatic carbocycles. The third-order valence-electron chi connectivity index (χ3n) is 4.25. The summed E-state index contributed by atoms with van der Waals surface area (Å²) in [5.74, 6) is -0.976. The lowest BCUT2D eigenvalue weighted by molar-refractivity contribution is -0.385. The molecule has 7 nitrogen and oxygen atoms in total. The van der Waals surface area contributed by atoms with E-state index in [1.807, 2.05) is 0 Å². The predicted octanol–water partition coefficient (Wildman–Crippen LogP) is 1.69. The van der Waals surface area contributed by atoms with Gasteiger partial charge in [-0.2, -0.15) is 0 Å². The highest BCUT2D eigenvalue weighted by Crippen LogP contribution is 2.24. The molecule has 3 N–H and O–H groups in total. The zero-order chi connectivity index (χ0) is 16.8. The Bertz CT molecular complexity index is 597. The van der Waals surface area contributed by atoms with Gasteiger partial charge in [0.15, 0.2) is 0 Å². The van der Waals surface area contributed by atoms with E-state index in [2.05, 4.69) is 5.32 Å². The zero-order valence-corrected chi connectivity index (χ0v) is 12.9. The Morgan fingerprint density at radius 3 is 2.52 bits per heavy atom. The fourth-order valence-electron chi connectivity index (χ4n) is 2.96. The van der Waals surface area contributed by atoms with Crippen molar-refractivity contribution in [2.75, 3.05) is 0 Å². The first-order valence-corrected chi connectivity index (χ1v) is 7.81. The molecule has 2 rings (SSSR count). The second-order valence-electron chi connectivity index (χ2n) is 5.89. The van der Waals surface area contributed by atoms with Crippen LogP contribution in [-0.2, 0) is 16.0 Å². The molecule has 1 aromatic carbocycles. The third-order valence-corrected chi connectivity index (χ3v) is 4.25. The molecule has 0 bridgehead atoms. The molecule has 0 heterocycles. The molecular formula is C16H21N3O4. The van der Waals surface area contributed by atoms with E-state index in [-0.39, 0.29) is 23.9 Å². The Hall–Kier alpha value is -2.44. The fraction of sp³-hybridized carbons (Fsp3) is 0.500. The second-order valence-corrected chi connectivity index (χ2v) is 5.89. The van der Waals surface area contributed by atoms with Crippen molar-refractivity contribution >= 4 is 17.5 Å². The number of nitrogens with two attached hydrogens (primary N) is 1. The highest BCUT2D eigenvalue weighted by molar-refractivity contribution is 5.87. The molecule has 0 saturated heterocycles. The average Bonchev–Trinajstić information content (AvgIpc) is 2.55. The summed E-state index contributed by atoms with van der Waals surface area (Å²) in [6.07, 6.45) is 4.77. The summed E-state index contributed by atoms with van der Waals surface area (Å²) in [4.78, 5) is 34.5. The molecule has 1 fully saturated rings. The lowest BCUT2D eigenvalue weighted by Gasteiger charge is -2.23. The van der Waals surface area contributed by atoms with Gasteiger partial charge >= 0.3 is 0 Å². The van der Waals surface area contributed by atoms with Crippen LogP contribution < -0.4 is 11.1 Å². The van der Waals surface area contributed by atoms with E-state index in [1.54, 1.807) is 18.2 Å². The number of nitro benzene ring substituents is 1. The van der Waals surface area contributed by atoms with Gasteiger partial charge < -0.3 is 11.1 Å². The Morgan fingerprint density at radius 1 is 1.26 bits per heavy atom. The zero-order valence-electron chi connectivity index (χ0n) is 12.9. The average molecular weight is 319 g/mol. The van der Waals surface area contributed by atoms with Crippen LogP contribution in [0.2, 0.25) is 0 Å². The first-order chi connectivity index (χ1) is 11.0. The van der Waals surface area contributed by atoms with Crippen molar-refractivity contribution in [3.63, 3.8) is 0 Å². The maximum atomic E-state index is 12.3. The molecule has 7 heteroatoms. The number of hydrogen-bond donors (Lipinski definition) is 2. The molecular weight excluding hydrogens is 298 g/mol.